The molecule has 0 bridgehead atoms. The van der Waals surface area contributed by atoms with Crippen LogP contribution in [0.3, 0.4) is 0 Å². The number of nitrogens with one attached hydrogen (secondary N) is 2. The molecule has 2 aromatic rings. The van der Waals surface area contributed by atoms with E-state index in [0.29, 0.717) is 11.7 Å². The van der Waals surface area contributed by atoms with Crippen molar-refractivity contribution < 1.29 is 14.3 Å². The summed E-state index contributed by atoms with van der Waals surface area (Å²) in [5.41, 5.74) is 6.75. The minimum atomic E-state index is -0.411. The summed E-state index contributed by atoms with van der Waals surface area (Å²) in [6.45, 7) is 4.02. The van der Waals surface area contributed by atoms with E-state index < -0.39 is 5.91 Å². The minimum Gasteiger partial charge on any atom is -0.484 e. The predicted molar refractivity (Wildman–Crippen MR) is 92.5 cm³/mol. The van der Waals surface area contributed by atoms with Crippen LogP contribution < -0.4 is 15.6 Å². The first-order valence-corrected chi connectivity index (χ1v) is 7.89. The van der Waals surface area contributed by atoms with Crippen molar-refractivity contribution in [1.29, 1.82) is 0 Å². The van der Waals surface area contributed by atoms with Crippen molar-refractivity contribution in [3.63, 3.8) is 0 Å². The third-order valence-corrected chi connectivity index (χ3v) is 3.44. The molecule has 2 rings (SSSR count). The van der Waals surface area contributed by atoms with Crippen molar-refractivity contribution in [3.05, 3.63) is 65.7 Å². The summed E-state index contributed by atoms with van der Waals surface area (Å²) < 4.78 is 5.45. The first-order chi connectivity index (χ1) is 11.5. The van der Waals surface area contributed by atoms with Gasteiger partial charge in [0.1, 0.15) is 5.75 Å². The lowest BCUT2D eigenvalue weighted by Crippen LogP contribution is -2.44. The molecule has 24 heavy (non-hydrogen) atoms. The maximum atomic E-state index is 11.7. The second-order valence-electron chi connectivity index (χ2n) is 5.77. The van der Waals surface area contributed by atoms with E-state index in [4.69, 9.17) is 4.74 Å². The second-order valence-corrected chi connectivity index (χ2v) is 5.77. The number of hydrazine groups is 1. The predicted octanol–water partition coefficient (Wildman–Crippen LogP) is 2.58. The zero-order valence-electron chi connectivity index (χ0n) is 13.9. The van der Waals surface area contributed by atoms with Gasteiger partial charge in [0, 0.05) is 0 Å². The molecule has 0 fully saturated rings. The number of carbonyl (C=O) groups excluding carboxylic acids is 2. The lowest BCUT2D eigenvalue weighted by atomic mass is 10.0. The fraction of sp³-hybridized carbons (Fsp3) is 0.263. The Bertz CT molecular complexity index is 684. The highest BCUT2D eigenvalue weighted by Crippen LogP contribution is 2.19. The van der Waals surface area contributed by atoms with Gasteiger partial charge in [0.2, 0.25) is 5.91 Å². The van der Waals surface area contributed by atoms with E-state index in [9.17, 15) is 9.59 Å². The van der Waals surface area contributed by atoms with Crippen molar-refractivity contribution >= 4 is 11.8 Å². The van der Waals surface area contributed by atoms with Gasteiger partial charge in [-0.15, -0.1) is 0 Å². The van der Waals surface area contributed by atoms with Crippen molar-refractivity contribution in [2.24, 2.45) is 0 Å². The average molecular weight is 326 g/mol. The largest absolute Gasteiger partial charge is 0.484 e. The molecule has 5 heteroatoms. The normalized spacial score (nSPS) is 10.3. The highest BCUT2D eigenvalue weighted by molar-refractivity contribution is 5.83. The molecule has 2 N–H and O–H groups in total. The van der Waals surface area contributed by atoms with E-state index in [2.05, 4.69) is 24.7 Å². The third kappa shape index (κ3) is 5.76. The number of benzene rings is 2. The number of ether oxygens (including phenoxy) is 1. The van der Waals surface area contributed by atoms with Crippen LogP contribution in [-0.4, -0.2) is 18.4 Å². The summed E-state index contributed by atoms with van der Waals surface area (Å²) >= 11 is 0. The van der Waals surface area contributed by atoms with Gasteiger partial charge in [0.05, 0.1) is 6.42 Å². The first-order valence-electron chi connectivity index (χ1n) is 7.89. The molecule has 0 heterocycles. The van der Waals surface area contributed by atoms with Crippen LogP contribution in [0.2, 0.25) is 0 Å². The van der Waals surface area contributed by atoms with Gasteiger partial charge in [-0.3, -0.25) is 20.4 Å². The van der Waals surface area contributed by atoms with Gasteiger partial charge in [-0.05, 0) is 29.2 Å². The molecule has 5 nitrogen and oxygen atoms in total. The zero-order valence-corrected chi connectivity index (χ0v) is 13.9. The lowest BCUT2D eigenvalue weighted by molar-refractivity contribution is -0.129. The summed E-state index contributed by atoms with van der Waals surface area (Å²) in [6, 6.07) is 16.9. The Kier molecular flexibility index (Phi) is 6.37. The van der Waals surface area contributed by atoms with Crippen LogP contribution in [0.5, 0.6) is 5.75 Å². The summed E-state index contributed by atoms with van der Waals surface area (Å²) in [6.07, 6.45) is 0.207. The molecule has 0 radical (unpaired) electrons. The summed E-state index contributed by atoms with van der Waals surface area (Å²) in [5.74, 6) is 0.328. The highest BCUT2D eigenvalue weighted by atomic mass is 16.5. The van der Waals surface area contributed by atoms with Crippen LogP contribution in [0.15, 0.2) is 54.6 Å². The Morgan fingerprint density at radius 3 is 2.38 bits per heavy atom. The van der Waals surface area contributed by atoms with Gasteiger partial charge in [-0.25, -0.2) is 0 Å². The van der Waals surface area contributed by atoms with Gasteiger partial charge < -0.3 is 4.74 Å². The second kappa shape index (κ2) is 8.72. The van der Waals surface area contributed by atoms with Crippen molar-refractivity contribution in [2.45, 2.75) is 26.2 Å². The molecule has 0 unspecified atom stereocenters. The van der Waals surface area contributed by atoms with E-state index in [1.807, 2.05) is 48.5 Å². The highest BCUT2D eigenvalue weighted by Gasteiger charge is 2.07. The minimum absolute atomic E-state index is 0.160. The quantitative estimate of drug-likeness (QED) is 0.802. The molecule has 0 saturated heterocycles. The van der Waals surface area contributed by atoms with Crippen LogP contribution in [0, 0.1) is 0 Å². The number of rotatable bonds is 6. The Labute approximate surface area is 142 Å². The third-order valence-electron chi connectivity index (χ3n) is 3.44. The Hall–Kier alpha value is -2.82. The lowest BCUT2D eigenvalue weighted by Gasteiger charge is -2.11. The maximum absolute atomic E-state index is 11.7. The van der Waals surface area contributed by atoms with Crippen LogP contribution >= 0.6 is 0 Å². The molecule has 0 saturated carbocycles. The molecular weight excluding hydrogens is 304 g/mol. The van der Waals surface area contributed by atoms with Gasteiger partial charge in [-0.2, -0.15) is 0 Å². The summed E-state index contributed by atoms with van der Waals surface area (Å²) in [7, 11) is 0. The molecule has 2 amide bonds. The Morgan fingerprint density at radius 1 is 0.958 bits per heavy atom. The van der Waals surface area contributed by atoms with Crippen molar-refractivity contribution in [2.75, 3.05) is 6.61 Å². The number of carbonyl (C=O) groups is 2. The molecule has 2 aromatic carbocycles. The Balaban J connectivity index is 1.73. The van der Waals surface area contributed by atoms with Crippen molar-refractivity contribution in [3.8, 4) is 5.75 Å². The molecule has 126 valence electrons. The standard InChI is InChI=1S/C19H22N2O3/c1-14(2)16-9-6-10-17(12-16)24-13-19(23)21-20-18(22)11-15-7-4-3-5-8-15/h3-10,12,14H,11,13H2,1-2H3,(H,20,22)(H,21,23). The molecule has 0 aliphatic carbocycles. The molecular formula is C19H22N2O3. The maximum Gasteiger partial charge on any atom is 0.276 e. The van der Waals surface area contributed by atoms with E-state index >= 15 is 0 Å². The molecule has 0 atom stereocenters. The number of hydrogen-bond donors (Lipinski definition) is 2. The fourth-order valence-electron chi connectivity index (χ4n) is 2.11. The summed E-state index contributed by atoms with van der Waals surface area (Å²) in [4.78, 5) is 23.5. The number of amides is 2. The Morgan fingerprint density at radius 2 is 1.67 bits per heavy atom. The molecule has 0 aliphatic rings. The monoisotopic (exact) mass is 326 g/mol. The van der Waals surface area contributed by atoms with E-state index in [0.717, 1.165) is 11.1 Å². The van der Waals surface area contributed by atoms with Gasteiger partial charge in [-0.1, -0.05) is 56.3 Å². The first kappa shape index (κ1) is 17.5. The van der Waals surface area contributed by atoms with E-state index in [1.165, 1.54) is 0 Å². The van der Waals surface area contributed by atoms with Crippen LogP contribution in [0.25, 0.3) is 0 Å². The van der Waals surface area contributed by atoms with Gasteiger partial charge in [0.25, 0.3) is 5.91 Å². The van der Waals surface area contributed by atoms with E-state index in [-0.39, 0.29) is 18.9 Å². The van der Waals surface area contributed by atoms with Crippen LogP contribution in [-0.2, 0) is 16.0 Å². The van der Waals surface area contributed by atoms with Crippen molar-refractivity contribution in [1.82, 2.24) is 10.9 Å². The summed E-state index contributed by atoms with van der Waals surface area (Å²) in [5, 5.41) is 0. The number of hydrogen-bond acceptors (Lipinski definition) is 3. The van der Waals surface area contributed by atoms with Crippen LogP contribution in [0.1, 0.15) is 30.9 Å². The SMILES string of the molecule is CC(C)c1cccc(OCC(=O)NNC(=O)Cc2ccccc2)c1. The smallest absolute Gasteiger partial charge is 0.276 e. The fourth-order valence-corrected chi connectivity index (χ4v) is 2.11. The van der Waals surface area contributed by atoms with Gasteiger partial charge >= 0.3 is 0 Å². The van der Waals surface area contributed by atoms with Gasteiger partial charge in [0.15, 0.2) is 6.61 Å². The molecule has 0 aliphatic heterocycles. The topological polar surface area (TPSA) is 67.4 Å². The van der Waals surface area contributed by atoms with E-state index in [1.54, 1.807) is 6.07 Å². The molecule has 0 spiro atoms. The van der Waals surface area contributed by atoms with Crippen LogP contribution in [0.4, 0.5) is 0 Å². The zero-order chi connectivity index (χ0) is 17.4. The molecule has 0 aromatic heterocycles. The average Bonchev–Trinajstić information content (AvgIpc) is 2.59.